The summed E-state index contributed by atoms with van der Waals surface area (Å²) in [5, 5.41) is 10.7. The van der Waals surface area contributed by atoms with Crippen molar-refractivity contribution in [2.24, 2.45) is 0 Å². The smallest absolute Gasteiger partial charge is 0.0908 e. The van der Waals surface area contributed by atoms with Gasteiger partial charge in [0.15, 0.2) is 0 Å². The Bertz CT molecular complexity index is 538. The van der Waals surface area contributed by atoms with Gasteiger partial charge in [0.2, 0.25) is 0 Å². The van der Waals surface area contributed by atoms with Crippen molar-refractivity contribution in [3.63, 3.8) is 0 Å². The summed E-state index contributed by atoms with van der Waals surface area (Å²) in [7, 11) is 0. The molecule has 1 unspecified atom stereocenters. The van der Waals surface area contributed by atoms with Gasteiger partial charge in [0.1, 0.15) is 0 Å². The van der Waals surface area contributed by atoms with Crippen LogP contribution in [0.2, 0.25) is 0 Å². The summed E-state index contributed by atoms with van der Waals surface area (Å²) in [6.07, 6.45) is 1.67. The first-order valence-corrected chi connectivity index (χ1v) is 6.89. The van der Waals surface area contributed by atoms with Crippen molar-refractivity contribution >= 4 is 0 Å². The van der Waals surface area contributed by atoms with Crippen LogP contribution in [0.15, 0.2) is 48.5 Å². The van der Waals surface area contributed by atoms with Crippen LogP contribution < -0.4 is 0 Å². The molecular formula is C18H22O. The van der Waals surface area contributed by atoms with Gasteiger partial charge in [0, 0.05) is 6.42 Å². The van der Waals surface area contributed by atoms with Crippen molar-refractivity contribution < 1.29 is 5.11 Å². The highest BCUT2D eigenvalue weighted by Gasteiger charge is 2.23. The molecule has 0 aliphatic rings. The lowest BCUT2D eigenvalue weighted by molar-refractivity contribution is 0.0574. The maximum Gasteiger partial charge on any atom is 0.0908 e. The Morgan fingerprint density at radius 3 is 2.21 bits per heavy atom. The number of hydrogen-bond acceptors (Lipinski definition) is 1. The molecule has 1 atom stereocenters. The van der Waals surface area contributed by atoms with E-state index >= 15 is 0 Å². The summed E-state index contributed by atoms with van der Waals surface area (Å²) in [4.78, 5) is 0. The summed E-state index contributed by atoms with van der Waals surface area (Å²) >= 11 is 0. The lowest BCUT2D eigenvalue weighted by Gasteiger charge is -2.25. The highest BCUT2D eigenvalue weighted by Crippen LogP contribution is 2.26. The van der Waals surface area contributed by atoms with E-state index in [-0.39, 0.29) is 0 Å². The maximum atomic E-state index is 10.7. The molecule has 0 spiro atoms. The average Bonchev–Trinajstić information content (AvgIpc) is 2.41. The van der Waals surface area contributed by atoms with E-state index in [0.29, 0.717) is 6.42 Å². The van der Waals surface area contributed by atoms with Crippen LogP contribution in [0.4, 0.5) is 0 Å². The summed E-state index contributed by atoms with van der Waals surface area (Å²) in [6, 6.07) is 16.5. The van der Waals surface area contributed by atoms with Crippen LogP contribution >= 0.6 is 0 Å². The van der Waals surface area contributed by atoms with Crippen LogP contribution in [0, 0.1) is 6.92 Å². The minimum Gasteiger partial charge on any atom is -0.385 e. The van der Waals surface area contributed by atoms with Crippen LogP contribution in [-0.2, 0) is 18.4 Å². The topological polar surface area (TPSA) is 20.2 Å². The van der Waals surface area contributed by atoms with E-state index < -0.39 is 5.60 Å². The Labute approximate surface area is 115 Å². The molecule has 0 heterocycles. The monoisotopic (exact) mass is 254 g/mol. The van der Waals surface area contributed by atoms with Gasteiger partial charge in [-0.15, -0.1) is 0 Å². The number of benzene rings is 2. The van der Waals surface area contributed by atoms with Crippen molar-refractivity contribution in [2.75, 3.05) is 0 Å². The molecule has 0 aromatic heterocycles. The van der Waals surface area contributed by atoms with E-state index in [9.17, 15) is 5.11 Å². The van der Waals surface area contributed by atoms with Crippen molar-refractivity contribution in [3.8, 4) is 0 Å². The fourth-order valence-corrected chi connectivity index (χ4v) is 2.38. The second kappa shape index (κ2) is 5.58. The lowest BCUT2D eigenvalue weighted by Crippen LogP contribution is -2.24. The van der Waals surface area contributed by atoms with Gasteiger partial charge in [0.25, 0.3) is 0 Å². The Morgan fingerprint density at radius 1 is 1.00 bits per heavy atom. The van der Waals surface area contributed by atoms with Crippen LogP contribution in [0.25, 0.3) is 0 Å². The Morgan fingerprint density at radius 2 is 1.63 bits per heavy atom. The second-order valence-electron chi connectivity index (χ2n) is 5.43. The molecule has 0 fully saturated rings. The Kier molecular flexibility index (Phi) is 4.06. The molecule has 2 rings (SSSR count). The maximum absolute atomic E-state index is 10.7. The standard InChI is InChI=1S/C18H22O/c1-4-15-9-11-17(12-10-15)18(3,19)13-16-8-6-5-7-14(16)2/h5-12,19H,4,13H2,1-3H3. The van der Waals surface area contributed by atoms with Gasteiger partial charge in [0.05, 0.1) is 5.60 Å². The van der Waals surface area contributed by atoms with E-state index in [1.54, 1.807) is 0 Å². The molecule has 0 aliphatic heterocycles. The van der Waals surface area contributed by atoms with Gasteiger partial charge < -0.3 is 5.11 Å². The molecule has 0 radical (unpaired) electrons. The van der Waals surface area contributed by atoms with Gasteiger partial charge in [-0.2, -0.15) is 0 Å². The van der Waals surface area contributed by atoms with E-state index in [4.69, 9.17) is 0 Å². The summed E-state index contributed by atoms with van der Waals surface area (Å²) in [5.74, 6) is 0. The Balaban J connectivity index is 2.24. The summed E-state index contributed by atoms with van der Waals surface area (Å²) in [5.41, 5.74) is 3.89. The van der Waals surface area contributed by atoms with Crippen molar-refractivity contribution in [3.05, 3.63) is 70.8 Å². The first-order chi connectivity index (χ1) is 9.03. The van der Waals surface area contributed by atoms with Gasteiger partial charge in [-0.25, -0.2) is 0 Å². The highest BCUT2D eigenvalue weighted by atomic mass is 16.3. The van der Waals surface area contributed by atoms with E-state index in [0.717, 1.165) is 12.0 Å². The summed E-state index contributed by atoms with van der Waals surface area (Å²) < 4.78 is 0. The molecule has 2 aromatic rings. The molecule has 0 saturated heterocycles. The van der Waals surface area contributed by atoms with E-state index in [2.05, 4.69) is 38.1 Å². The predicted octanol–water partition coefficient (Wildman–Crippen LogP) is 4.01. The van der Waals surface area contributed by atoms with Crippen LogP contribution in [-0.4, -0.2) is 5.11 Å². The predicted molar refractivity (Wildman–Crippen MR) is 80.3 cm³/mol. The molecule has 0 saturated carbocycles. The molecular weight excluding hydrogens is 232 g/mol. The number of hydrogen-bond donors (Lipinski definition) is 1. The largest absolute Gasteiger partial charge is 0.385 e. The highest BCUT2D eigenvalue weighted by molar-refractivity contribution is 5.32. The van der Waals surface area contributed by atoms with Crippen molar-refractivity contribution in [1.82, 2.24) is 0 Å². The second-order valence-corrected chi connectivity index (χ2v) is 5.43. The van der Waals surface area contributed by atoms with Gasteiger partial charge in [-0.1, -0.05) is 55.5 Å². The zero-order valence-corrected chi connectivity index (χ0v) is 12.0. The fraction of sp³-hybridized carbons (Fsp3) is 0.333. The third-order valence-corrected chi connectivity index (χ3v) is 3.78. The van der Waals surface area contributed by atoms with Gasteiger partial charge >= 0.3 is 0 Å². The van der Waals surface area contributed by atoms with Crippen LogP contribution in [0.3, 0.4) is 0 Å². The average molecular weight is 254 g/mol. The molecule has 0 aliphatic carbocycles. The Hall–Kier alpha value is -1.60. The number of aliphatic hydroxyl groups is 1. The molecule has 1 heteroatoms. The number of rotatable bonds is 4. The molecule has 0 bridgehead atoms. The molecule has 1 N–H and O–H groups in total. The van der Waals surface area contributed by atoms with Crippen molar-refractivity contribution in [2.45, 2.75) is 39.2 Å². The quantitative estimate of drug-likeness (QED) is 0.874. The molecule has 2 aromatic carbocycles. The fourth-order valence-electron chi connectivity index (χ4n) is 2.38. The van der Waals surface area contributed by atoms with Gasteiger partial charge in [-0.3, -0.25) is 0 Å². The number of aryl methyl sites for hydroxylation is 2. The minimum atomic E-state index is -0.821. The molecule has 1 nitrogen and oxygen atoms in total. The van der Waals surface area contributed by atoms with Gasteiger partial charge in [-0.05, 0) is 42.5 Å². The first kappa shape index (κ1) is 13.8. The molecule has 19 heavy (non-hydrogen) atoms. The third-order valence-electron chi connectivity index (χ3n) is 3.78. The first-order valence-electron chi connectivity index (χ1n) is 6.89. The zero-order valence-electron chi connectivity index (χ0n) is 12.0. The molecule has 0 amide bonds. The van der Waals surface area contributed by atoms with Crippen molar-refractivity contribution in [1.29, 1.82) is 0 Å². The van der Waals surface area contributed by atoms with Crippen LogP contribution in [0.5, 0.6) is 0 Å². The van der Waals surface area contributed by atoms with Crippen LogP contribution in [0.1, 0.15) is 36.1 Å². The normalized spacial score (nSPS) is 14.1. The summed E-state index contributed by atoms with van der Waals surface area (Å²) in [6.45, 7) is 6.12. The van der Waals surface area contributed by atoms with E-state index in [1.165, 1.54) is 16.7 Å². The third kappa shape index (κ3) is 3.24. The lowest BCUT2D eigenvalue weighted by atomic mass is 9.87. The minimum absolute atomic E-state index is 0.644. The SMILES string of the molecule is CCc1ccc(C(C)(O)Cc2ccccc2C)cc1. The molecule has 100 valence electrons. The van der Waals surface area contributed by atoms with E-state index in [1.807, 2.05) is 31.2 Å². The zero-order chi connectivity index (χ0) is 13.9.